The van der Waals surface area contributed by atoms with Crippen LogP contribution in [0.1, 0.15) is 37.2 Å². The SMILES string of the molecule is Cc1ccc(CN(C)CC2(CO)CCCC2)o1. The van der Waals surface area contributed by atoms with Gasteiger partial charge in [0.1, 0.15) is 11.5 Å². The van der Waals surface area contributed by atoms with E-state index in [1.807, 2.05) is 19.1 Å². The van der Waals surface area contributed by atoms with Crippen LogP contribution in [0.5, 0.6) is 0 Å². The van der Waals surface area contributed by atoms with Gasteiger partial charge in [0.2, 0.25) is 0 Å². The lowest BCUT2D eigenvalue weighted by molar-refractivity contribution is 0.0837. The van der Waals surface area contributed by atoms with E-state index in [2.05, 4.69) is 11.9 Å². The fraction of sp³-hybridized carbons (Fsp3) is 0.714. The predicted molar refractivity (Wildman–Crippen MR) is 67.8 cm³/mol. The van der Waals surface area contributed by atoms with Crippen LogP contribution in [0.15, 0.2) is 16.5 Å². The summed E-state index contributed by atoms with van der Waals surface area (Å²) >= 11 is 0. The number of aliphatic hydroxyl groups excluding tert-OH is 1. The highest BCUT2D eigenvalue weighted by Gasteiger charge is 2.34. The van der Waals surface area contributed by atoms with Crippen molar-refractivity contribution in [1.29, 1.82) is 0 Å². The van der Waals surface area contributed by atoms with E-state index in [0.29, 0.717) is 6.61 Å². The average molecular weight is 237 g/mol. The van der Waals surface area contributed by atoms with Crippen LogP contribution in [0, 0.1) is 12.3 Å². The summed E-state index contributed by atoms with van der Waals surface area (Å²) in [6.07, 6.45) is 4.83. The van der Waals surface area contributed by atoms with Crippen LogP contribution in [0.3, 0.4) is 0 Å². The van der Waals surface area contributed by atoms with Crippen molar-refractivity contribution in [1.82, 2.24) is 4.90 Å². The largest absolute Gasteiger partial charge is 0.465 e. The molecule has 0 spiro atoms. The van der Waals surface area contributed by atoms with Crippen molar-refractivity contribution in [3.63, 3.8) is 0 Å². The maximum absolute atomic E-state index is 9.59. The lowest BCUT2D eigenvalue weighted by atomic mass is 9.87. The van der Waals surface area contributed by atoms with E-state index in [4.69, 9.17) is 4.42 Å². The fourth-order valence-electron chi connectivity index (χ4n) is 2.96. The number of furan rings is 1. The molecule has 0 aliphatic heterocycles. The molecule has 3 heteroatoms. The molecule has 1 saturated carbocycles. The molecule has 17 heavy (non-hydrogen) atoms. The molecule has 1 aromatic heterocycles. The van der Waals surface area contributed by atoms with Gasteiger partial charge in [0.25, 0.3) is 0 Å². The molecule has 1 aliphatic rings. The molecule has 0 aromatic carbocycles. The Bertz CT molecular complexity index is 353. The highest BCUT2D eigenvalue weighted by Crippen LogP contribution is 2.38. The first-order chi connectivity index (χ1) is 8.13. The van der Waals surface area contributed by atoms with Gasteiger partial charge in [0.05, 0.1) is 6.54 Å². The van der Waals surface area contributed by atoms with Crippen molar-refractivity contribution in [2.75, 3.05) is 20.2 Å². The Morgan fingerprint density at radius 1 is 1.35 bits per heavy atom. The van der Waals surface area contributed by atoms with Crippen molar-refractivity contribution >= 4 is 0 Å². The maximum atomic E-state index is 9.59. The second kappa shape index (κ2) is 5.23. The molecule has 0 bridgehead atoms. The van der Waals surface area contributed by atoms with Crippen LogP contribution >= 0.6 is 0 Å². The van der Waals surface area contributed by atoms with Crippen molar-refractivity contribution in [3.8, 4) is 0 Å². The van der Waals surface area contributed by atoms with Gasteiger partial charge >= 0.3 is 0 Å². The lowest BCUT2D eigenvalue weighted by Crippen LogP contribution is -2.36. The summed E-state index contributed by atoms with van der Waals surface area (Å²) in [5, 5.41) is 9.59. The molecule has 96 valence electrons. The monoisotopic (exact) mass is 237 g/mol. The third kappa shape index (κ3) is 3.11. The van der Waals surface area contributed by atoms with Gasteiger partial charge in [-0.1, -0.05) is 12.8 Å². The number of hydrogen-bond donors (Lipinski definition) is 1. The molecule has 0 radical (unpaired) electrons. The first kappa shape index (κ1) is 12.7. The normalized spacial score (nSPS) is 19.1. The third-order valence-electron chi connectivity index (χ3n) is 3.83. The molecule has 0 unspecified atom stereocenters. The zero-order chi connectivity index (χ0) is 12.3. The van der Waals surface area contributed by atoms with Crippen molar-refractivity contribution < 1.29 is 9.52 Å². The van der Waals surface area contributed by atoms with Gasteiger partial charge in [-0.2, -0.15) is 0 Å². The standard InChI is InChI=1S/C14H23NO2/c1-12-5-6-13(17-12)9-15(2)10-14(11-16)7-3-4-8-14/h5-6,16H,3-4,7-11H2,1-2H3. The Morgan fingerprint density at radius 2 is 2.06 bits per heavy atom. The van der Waals surface area contributed by atoms with E-state index < -0.39 is 0 Å². The third-order valence-corrected chi connectivity index (χ3v) is 3.83. The molecule has 0 atom stereocenters. The van der Waals surface area contributed by atoms with E-state index in [1.54, 1.807) is 0 Å². The van der Waals surface area contributed by atoms with Gasteiger partial charge in [-0.05, 0) is 38.9 Å². The summed E-state index contributed by atoms with van der Waals surface area (Å²) in [5.74, 6) is 1.97. The zero-order valence-electron chi connectivity index (χ0n) is 10.9. The Hall–Kier alpha value is -0.800. The van der Waals surface area contributed by atoms with Gasteiger partial charge in [-0.25, -0.2) is 0 Å². The number of rotatable bonds is 5. The molecule has 1 aromatic rings. The first-order valence-electron chi connectivity index (χ1n) is 6.48. The minimum absolute atomic E-state index is 0.135. The number of nitrogens with zero attached hydrogens (tertiary/aromatic N) is 1. The average Bonchev–Trinajstić information content (AvgIpc) is 2.89. The fourth-order valence-corrected chi connectivity index (χ4v) is 2.96. The van der Waals surface area contributed by atoms with Gasteiger partial charge in [0, 0.05) is 18.6 Å². The Labute approximate surface area is 103 Å². The summed E-state index contributed by atoms with van der Waals surface area (Å²) in [6.45, 7) is 4.07. The molecule has 1 heterocycles. The molecular formula is C14H23NO2. The summed E-state index contributed by atoms with van der Waals surface area (Å²) in [6, 6.07) is 4.03. The minimum Gasteiger partial charge on any atom is -0.465 e. The van der Waals surface area contributed by atoms with Crippen molar-refractivity contribution in [3.05, 3.63) is 23.7 Å². The smallest absolute Gasteiger partial charge is 0.118 e. The molecule has 3 nitrogen and oxygen atoms in total. The zero-order valence-corrected chi connectivity index (χ0v) is 10.9. The van der Waals surface area contributed by atoms with Crippen LogP contribution in [0.4, 0.5) is 0 Å². The summed E-state index contributed by atoms with van der Waals surface area (Å²) in [4.78, 5) is 2.26. The van der Waals surface area contributed by atoms with Gasteiger partial charge in [-0.15, -0.1) is 0 Å². The molecule has 1 N–H and O–H groups in total. The maximum Gasteiger partial charge on any atom is 0.118 e. The molecule has 2 rings (SSSR count). The predicted octanol–water partition coefficient (Wildman–Crippen LogP) is 2.57. The number of aryl methyl sites for hydroxylation is 1. The molecule has 0 saturated heterocycles. The molecular weight excluding hydrogens is 214 g/mol. The Balaban J connectivity index is 1.90. The second-order valence-corrected chi connectivity index (χ2v) is 5.55. The van der Waals surface area contributed by atoms with Crippen LogP contribution in [-0.2, 0) is 6.54 Å². The first-order valence-corrected chi connectivity index (χ1v) is 6.48. The van der Waals surface area contributed by atoms with E-state index in [0.717, 1.165) is 37.5 Å². The van der Waals surface area contributed by atoms with Gasteiger partial charge in [-0.3, -0.25) is 4.90 Å². The summed E-state index contributed by atoms with van der Waals surface area (Å²) < 4.78 is 5.58. The van der Waals surface area contributed by atoms with Crippen LogP contribution < -0.4 is 0 Å². The molecule has 0 amide bonds. The quantitative estimate of drug-likeness (QED) is 0.855. The van der Waals surface area contributed by atoms with Crippen LogP contribution in [0.2, 0.25) is 0 Å². The topological polar surface area (TPSA) is 36.6 Å². The highest BCUT2D eigenvalue weighted by atomic mass is 16.3. The van der Waals surface area contributed by atoms with Crippen LogP contribution in [0.25, 0.3) is 0 Å². The summed E-state index contributed by atoms with van der Waals surface area (Å²) in [7, 11) is 2.10. The molecule has 1 aliphatic carbocycles. The van der Waals surface area contributed by atoms with Crippen molar-refractivity contribution in [2.45, 2.75) is 39.2 Å². The molecule has 1 fully saturated rings. The Kier molecular flexibility index (Phi) is 3.89. The highest BCUT2D eigenvalue weighted by molar-refractivity contribution is 5.05. The number of hydrogen-bond acceptors (Lipinski definition) is 3. The van der Waals surface area contributed by atoms with E-state index >= 15 is 0 Å². The van der Waals surface area contributed by atoms with E-state index in [9.17, 15) is 5.11 Å². The Morgan fingerprint density at radius 3 is 2.59 bits per heavy atom. The van der Waals surface area contributed by atoms with Crippen LogP contribution in [-0.4, -0.2) is 30.2 Å². The van der Waals surface area contributed by atoms with Gasteiger partial charge < -0.3 is 9.52 Å². The summed E-state index contributed by atoms with van der Waals surface area (Å²) in [5.41, 5.74) is 0.135. The van der Waals surface area contributed by atoms with E-state index in [1.165, 1.54) is 12.8 Å². The lowest BCUT2D eigenvalue weighted by Gasteiger charge is -2.31. The second-order valence-electron chi connectivity index (χ2n) is 5.55. The van der Waals surface area contributed by atoms with E-state index in [-0.39, 0.29) is 5.41 Å². The van der Waals surface area contributed by atoms with Gasteiger partial charge in [0.15, 0.2) is 0 Å². The minimum atomic E-state index is 0.135. The van der Waals surface area contributed by atoms with Crippen molar-refractivity contribution in [2.24, 2.45) is 5.41 Å². The number of aliphatic hydroxyl groups is 1.